The van der Waals surface area contributed by atoms with Gasteiger partial charge in [0.05, 0.1) is 12.0 Å². The Morgan fingerprint density at radius 2 is 1.69 bits per heavy atom. The Balaban J connectivity index is 1.42. The molecule has 35 heavy (non-hydrogen) atoms. The Morgan fingerprint density at radius 3 is 2.40 bits per heavy atom. The van der Waals surface area contributed by atoms with Gasteiger partial charge in [-0.2, -0.15) is 4.31 Å². The van der Waals surface area contributed by atoms with E-state index in [9.17, 15) is 8.42 Å². The number of para-hydroxylation sites is 1. The third-order valence-corrected chi connectivity index (χ3v) is 9.23. The fraction of sp³-hybridized carbons (Fsp3) is 0.286. The highest BCUT2D eigenvalue weighted by molar-refractivity contribution is 7.89. The van der Waals surface area contributed by atoms with Crippen LogP contribution in [0.15, 0.2) is 77.7 Å². The summed E-state index contributed by atoms with van der Waals surface area (Å²) in [7, 11) is -1.83. The van der Waals surface area contributed by atoms with Gasteiger partial charge in [-0.3, -0.25) is 0 Å². The van der Waals surface area contributed by atoms with Gasteiger partial charge >= 0.3 is 0 Å². The third kappa shape index (κ3) is 4.58. The van der Waals surface area contributed by atoms with Gasteiger partial charge in [-0.05, 0) is 79.3 Å². The van der Waals surface area contributed by atoms with Gasteiger partial charge in [0.15, 0.2) is 0 Å². The fourth-order valence-electron chi connectivity index (χ4n) is 5.27. The summed E-state index contributed by atoms with van der Waals surface area (Å²) in [4.78, 5) is 0.298. The molecule has 0 atom stereocenters. The average Bonchev–Trinajstić information content (AvgIpc) is 3.15. The standard InChI is InChI=1S/C28H29ClN2O3S/c1-20-28(22-14-16-30(17-15-22)35(32,33)25-12-10-23(29)11-13-25)26-8-3-4-9-27(26)31(20)19-21-6-5-7-24(18-21)34-2/h3-13,18,22H,14-17,19H2,1-2H3. The van der Waals surface area contributed by atoms with E-state index in [2.05, 4.69) is 47.9 Å². The Kier molecular flexibility index (Phi) is 6.62. The zero-order valence-electron chi connectivity index (χ0n) is 19.9. The maximum atomic E-state index is 13.1. The largest absolute Gasteiger partial charge is 0.497 e. The van der Waals surface area contributed by atoms with Crippen molar-refractivity contribution in [2.24, 2.45) is 0 Å². The molecule has 182 valence electrons. The number of hydrogen-bond donors (Lipinski definition) is 0. The van der Waals surface area contributed by atoms with Gasteiger partial charge in [-0.25, -0.2) is 8.42 Å². The number of hydrogen-bond acceptors (Lipinski definition) is 3. The maximum Gasteiger partial charge on any atom is 0.243 e. The number of methoxy groups -OCH3 is 1. The Bertz CT molecular complexity index is 1450. The number of piperidine rings is 1. The van der Waals surface area contributed by atoms with Gasteiger partial charge in [0.25, 0.3) is 0 Å². The molecule has 2 heterocycles. The molecule has 0 unspecified atom stereocenters. The van der Waals surface area contributed by atoms with Crippen LogP contribution in [-0.2, 0) is 16.6 Å². The molecular formula is C28H29ClN2O3S. The minimum Gasteiger partial charge on any atom is -0.497 e. The summed E-state index contributed by atoms with van der Waals surface area (Å²) in [6, 6.07) is 23.1. The number of benzene rings is 3. The topological polar surface area (TPSA) is 51.5 Å². The molecular weight excluding hydrogens is 480 g/mol. The Hall–Kier alpha value is -2.80. The summed E-state index contributed by atoms with van der Waals surface area (Å²) in [5, 5.41) is 1.79. The first kappa shape index (κ1) is 23.9. The van der Waals surface area contributed by atoms with Gasteiger partial charge in [0.2, 0.25) is 10.0 Å². The van der Waals surface area contributed by atoms with Crippen LogP contribution in [-0.4, -0.2) is 37.5 Å². The molecule has 4 aromatic rings. The van der Waals surface area contributed by atoms with Crippen LogP contribution in [0.1, 0.15) is 35.6 Å². The molecule has 0 amide bonds. The number of halogens is 1. The third-order valence-electron chi connectivity index (χ3n) is 7.07. The highest BCUT2D eigenvalue weighted by Crippen LogP contribution is 2.39. The van der Waals surface area contributed by atoms with Crippen molar-refractivity contribution in [2.75, 3.05) is 20.2 Å². The van der Waals surface area contributed by atoms with Crippen molar-refractivity contribution in [1.29, 1.82) is 0 Å². The van der Waals surface area contributed by atoms with E-state index in [1.54, 1.807) is 35.7 Å². The average molecular weight is 509 g/mol. The lowest BCUT2D eigenvalue weighted by molar-refractivity contribution is 0.319. The second-order valence-corrected chi connectivity index (χ2v) is 11.5. The van der Waals surface area contributed by atoms with Gasteiger partial charge in [0.1, 0.15) is 5.75 Å². The van der Waals surface area contributed by atoms with E-state index in [4.69, 9.17) is 16.3 Å². The SMILES string of the molecule is COc1cccc(Cn2c(C)c(C3CCN(S(=O)(=O)c4ccc(Cl)cc4)CC3)c3ccccc32)c1. The van der Waals surface area contributed by atoms with E-state index < -0.39 is 10.0 Å². The molecule has 1 fully saturated rings. The molecule has 0 saturated carbocycles. The summed E-state index contributed by atoms with van der Waals surface area (Å²) < 4.78 is 35.7. The molecule has 5 rings (SSSR count). The van der Waals surface area contributed by atoms with Crippen LogP contribution >= 0.6 is 11.6 Å². The van der Waals surface area contributed by atoms with E-state index in [1.165, 1.54) is 27.7 Å². The van der Waals surface area contributed by atoms with E-state index >= 15 is 0 Å². The molecule has 0 bridgehead atoms. The summed E-state index contributed by atoms with van der Waals surface area (Å²) >= 11 is 5.95. The molecule has 0 radical (unpaired) electrons. The molecule has 5 nitrogen and oxygen atoms in total. The number of ether oxygens (including phenoxy) is 1. The zero-order chi connectivity index (χ0) is 24.6. The number of aromatic nitrogens is 1. The van der Waals surface area contributed by atoms with Gasteiger partial charge in [0, 0.05) is 41.3 Å². The molecule has 0 N–H and O–H groups in total. The summed E-state index contributed by atoms with van der Waals surface area (Å²) in [6.45, 7) is 3.95. The lowest BCUT2D eigenvalue weighted by Crippen LogP contribution is -2.38. The van der Waals surface area contributed by atoms with E-state index in [-0.39, 0.29) is 0 Å². The van der Waals surface area contributed by atoms with Crippen LogP contribution in [0.25, 0.3) is 10.9 Å². The van der Waals surface area contributed by atoms with E-state index in [0.29, 0.717) is 28.9 Å². The Morgan fingerprint density at radius 1 is 0.971 bits per heavy atom. The Labute approximate surface area is 211 Å². The first-order chi connectivity index (χ1) is 16.9. The van der Waals surface area contributed by atoms with Crippen molar-refractivity contribution in [1.82, 2.24) is 8.87 Å². The summed E-state index contributed by atoms with van der Waals surface area (Å²) in [6.07, 6.45) is 1.58. The number of nitrogens with zero attached hydrogens (tertiary/aromatic N) is 2. The highest BCUT2D eigenvalue weighted by atomic mass is 35.5. The van der Waals surface area contributed by atoms with Gasteiger partial charge in [-0.15, -0.1) is 0 Å². The molecule has 1 aliphatic heterocycles. The van der Waals surface area contributed by atoms with E-state index in [0.717, 1.165) is 25.1 Å². The van der Waals surface area contributed by atoms with Crippen LogP contribution in [0.2, 0.25) is 5.02 Å². The van der Waals surface area contributed by atoms with Crippen molar-refractivity contribution in [2.45, 2.75) is 37.1 Å². The second-order valence-electron chi connectivity index (χ2n) is 9.09. The molecule has 3 aromatic carbocycles. The van der Waals surface area contributed by atoms with Crippen LogP contribution in [0.3, 0.4) is 0 Å². The number of fused-ring (bicyclic) bond motifs is 1. The normalized spacial score (nSPS) is 15.5. The first-order valence-corrected chi connectivity index (χ1v) is 13.7. The number of sulfonamides is 1. The maximum absolute atomic E-state index is 13.1. The lowest BCUT2D eigenvalue weighted by atomic mass is 9.88. The van der Waals surface area contributed by atoms with E-state index in [1.807, 2.05) is 12.1 Å². The first-order valence-electron chi connectivity index (χ1n) is 11.8. The van der Waals surface area contributed by atoms with Crippen LogP contribution in [0, 0.1) is 6.92 Å². The molecule has 0 aliphatic carbocycles. The van der Waals surface area contributed by atoms with Crippen molar-refractivity contribution in [3.05, 3.63) is 94.6 Å². The minimum absolute atomic E-state index is 0.298. The number of rotatable bonds is 6. The summed E-state index contributed by atoms with van der Waals surface area (Å²) in [5.74, 6) is 1.16. The quantitative estimate of drug-likeness (QED) is 0.310. The van der Waals surface area contributed by atoms with Crippen LogP contribution in [0.5, 0.6) is 5.75 Å². The fourth-order valence-corrected chi connectivity index (χ4v) is 6.87. The second kappa shape index (κ2) is 9.69. The van der Waals surface area contributed by atoms with Gasteiger partial charge in [-0.1, -0.05) is 41.9 Å². The van der Waals surface area contributed by atoms with Crippen molar-refractivity contribution >= 4 is 32.5 Å². The van der Waals surface area contributed by atoms with Crippen molar-refractivity contribution in [3.8, 4) is 5.75 Å². The van der Waals surface area contributed by atoms with Crippen LogP contribution < -0.4 is 4.74 Å². The molecule has 0 spiro atoms. The highest BCUT2D eigenvalue weighted by Gasteiger charge is 2.32. The summed E-state index contributed by atoms with van der Waals surface area (Å²) in [5.41, 5.74) is 4.97. The molecule has 1 saturated heterocycles. The van der Waals surface area contributed by atoms with Gasteiger partial charge < -0.3 is 9.30 Å². The molecule has 1 aliphatic rings. The lowest BCUT2D eigenvalue weighted by Gasteiger charge is -2.31. The van der Waals surface area contributed by atoms with Crippen molar-refractivity contribution < 1.29 is 13.2 Å². The van der Waals surface area contributed by atoms with Crippen LogP contribution in [0.4, 0.5) is 0 Å². The van der Waals surface area contributed by atoms with Crippen molar-refractivity contribution in [3.63, 3.8) is 0 Å². The smallest absolute Gasteiger partial charge is 0.243 e. The molecule has 1 aromatic heterocycles. The molecule has 7 heteroatoms. The monoisotopic (exact) mass is 508 g/mol. The zero-order valence-corrected chi connectivity index (χ0v) is 21.5. The predicted octanol–water partition coefficient (Wildman–Crippen LogP) is 6.23. The minimum atomic E-state index is -3.52. The predicted molar refractivity (Wildman–Crippen MR) is 141 cm³/mol.